The number of nitrogens with one attached hydrogen (secondary N) is 1. The number of methoxy groups -OCH3 is 1. The van der Waals surface area contributed by atoms with Crippen LogP contribution in [0, 0.1) is 5.82 Å². The van der Waals surface area contributed by atoms with Crippen LogP contribution in [0.15, 0.2) is 42.5 Å². The Balaban J connectivity index is 1.34. The fourth-order valence-electron chi connectivity index (χ4n) is 7.40. The number of benzene rings is 2. The van der Waals surface area contributed by atoms with Crippen molar-refractivity contribution in [2.75, 3.05) is 31.3 Å². The van der Waals surface area contributed by atoms with E-state index in [-0.39, 0.29) is 56.2 Å². The van der Waals surface area contributed by atoms with Crippen LogP contribution >= 0.6 is 11.6 Å². The smallest absolute Gasteiger partial charge is 0.410 e. The van der Waals surface area contributed by atoms with Crippen LogP contribution in [-0.4, -0.2) is 79.4 Å². The topological polar surface area (TPSA) is 105 Å². The first-order valence-corrected chi connectivity index (χ1v) is 18.5. The highest BCUT2D eigenvalue weighted by molar-refractivity contribution is 7.89. The molecular weight excluding hydrogens is 645 g/mol. The Hall–Kier alpha value is -2.73. The first-order chi connectivity index (χ1) is 22.2. The van der Waals surface area contributed by atoms with E-state index in [1.54, 1.807) is 44.9 Å². The molecule has 1 N–H and O–H groups in total. The number of carbonyl (C=O) groups is 2. The number of nitrogens with zero attached hydrogens (tertiary/aromatic N) is 2. The van der Waals surface area contributed by atoms with Gasteiger partial charge in [-0.15, -0.1) is 0 Å². The molecule has 9 nitrogen and oxygen atoms in total. The molecule has 2 aromatic rings. The minimum atomic E-state index is -3.55. The molecule has 1 saturated carbocycles. The first kappa shape index (κ1) is 35.6. The number of fused-ring (bicyclic) bond motifs is 2. The molecule has 3 atom stereocenters. The first-order valence-electron chi connectivity index (χ1n) is 16.5. The zero-order chi connectivity index (χ0) is 34.0. The molecule has 2 aliphatic heterocycles. The zero-order valence-corrected chi connectivity index (χ0v) is 29.3. The maximum atomic E-state index is 15.4. The summed E-state index contributed by atoms with van der Waals surface area (Å²) in [6.45, 7) is 5.73. The van der Waals surface area contributed by atoms with Gasteiger partial charge in [0.15, 0.2) is 0 Å². The Labute approximate surface area is 283 Å². The Morgan fingerprint density at radius 1 is 1.06 bits per heavy atom. The monoisotopic (exact) mass is 691 g/mol. The van der Waals surface area contributed by atoms with E-state index < -0.39 is 39.0 Å². The summed E-state index contributed by atoms with van der Waals surface area (Å²) in [7, 11) is -1.84. The molecule has 2 bridgehead atoms. The van der Waals surface area contributed by atoms with Crippen LogP contribution in [0.4, 0.5) is 14.9 Å². The number of sulfonamides is 1. The standard InChI is InChI=1S/C35H47ClFN3O6S/c1-34(2,3)46-33(42)39-22-27(40-23-26(39)7-6-20-47(40,43)44)14-15-29-30(37)8-5-9-31(29)38-32(41)21-35(18-16-28(45-4)17-19-35)24-10-12-25(36)13-11-24/h5,8-13,26-28H,6-7,14-23H2,1-4H3,(H,38,41)/t26-,27+,28-,35+/m1/s1. The zero-order valence-electron chi connectivity index (χ0n) is 27.8. The number of hydrogen-bond donors (Lipinski definition) is 1. The number of piperazine rings is 1. The second kappa shape index (κ2) is 14.4. The van der Waals surface area contributed by atoms with E-state index in [9.17, 15) is 18.0 Å². The largest absolute Gasteiger partial charge is 0.444 e. The van der Waals surface area contributed by atoms with E-state index in [2.05, 4.69) is 5.32 Å². The van der Waals surface area contributed by atoms with Crippen molar-refractivity contribution >= 4 is 39.3 Å². The van der Waals surface area contributed by atoms with Gasteiger partial charge in [0.25, 0.3) is 0 Å². The molecule has 2 amide bonds. The molecule has 258 valence electrons. The summed E-state index contributed by atoms with van der Waals surface area (Å²) in [5.41, 5.74) is 0.596. The van der Waals surface area contributed by atoms with Crippen LogP contribution in [0.25, 0.3) is 0 Å². The van der Waals surface area contributed by atoms with Crippen molar-refractivity contribution in [3.8, 4) is 0 Å². The molecule has 0 radical (unpaired) electrons. The molecule has 47 heavy (non-hydrogen) atoms. The summed E-state index contributed by atoms with van der Waals surface area (Å²) in [4.78, 5) is 28.5. The van der Waals surface area contributed by atoms with E-state index in [1.807, 2.05) is 24.3 Å². The lowest BCUT2D eigenvalue weighted by molar-refractivity contribution is -0.118. The molecular formula is C35H47ClFN3O6S. The highest BCUT2D eigenvalue weighted by Crippen LogP contribution is 2.43. The average molecular weight is 692 g/mol. The number of carbonyl (C=O) groups excluding carboxylic acids is 2. The predicted molar refractivity (Wildman–Crippen MR) is 181 cm³/mol. The van der Waals surface area contributed by atoms with E-state index >= 15 is 4.39 Å². The Kier molecular flexibility index (Phi) is 10.9. The normalized spacial score (nSPS) is 27.5. The molecule has 2 heterocycles. The Bertz CT molecular complexity index is 1540. The van der Waals surface area contributed by atoms with Gasteiger partial charge in [0.1, 0.15) is 11.4 Å². The molecule has 0 aromatic heterocycles. The van der Waals surface area contributed by atoms with Gasteiger partial charge in [-0.3, -0.25) is 4.79 Å². The van der Waals surface area contributed by atoms with Crippen LogP contribution < -0.4 is 5.32 Å². The minimum absolute atomic E-state index is 0.00363. The Morgan fingerprint density at radius 2 is 1.77 bits per heavy atom. The highest BCUT2D eigenvalue weighted by atomic mass is 35.5. The van der Waals surface area contributed by atoms with Crippen LogP contribution in [-0.2, 0) is 36.1 Å². The molecule has 3 aliphatic rings. The van der Waals surface area contributed by atoms with Gasteiger partial charge in [-0.05, 0) is 102 Å². The molecule has 1 unspecified atom stereocenters. The highest BCUT2D eigenvalue weighted by Gasteiger charge is 2.44. The van der Waals surface area contributed by atoms with E-state index in [0.717, 1.165) is 31.2 Å². The van der Waals surface area contributed by atoms with Gasteiger partial charge in [-0.1, -0.05) is 29.8 Å². The van der Waals surface area contributed by atoms with Gasteiger partial charge in [-0.25, -0.2) is 17.6 Å². The fraction of sp³-hybridized carbons (Fsp3) is 0.600. The second-order valence-electron chi connectivity index (χ2n) is 14.2. The third kappa shape index (κ3) is 8.47. The van der Waals surface area contributed by atoms with E-state index in [1.165, 1.54) is 10.4 Å². The number of amides is 2. The molecule has 3 fully saturated rings. The number of halogens is 2. The summed E-state index contributed by atoms with van der Waals surface area (Å²) < 4.78 is 54.7. The van der Waals surface area contributed by atoms with E-state index in [0.29, 0.717) is 29.1 Å². The van der Waals surface area contributed by atoms with Crippen LogP contribution in [0.1, 0.15) is 83.3 Å². The van der Waals surface area contributed by atoms with Crippen molar-refractivity contribution in [3.05, 3.63) is 64.4 Å². The Morgan fingerprint density at radius 3 is 2.43 bits per heavy atom. The molecule has 0 spiro atoms. The van der Waals surface area contributed by atoms with Gasteiger partial charge in [0.2, 0.25) is 15.9 Å². The van der Waals surface area contributed by atoms with Crippen molar-refractivity contribution in [1.82, 2.24) is 9.21 Å². The lowest BCUT2D eigenvalue weighted by atomic mass is 9.66. The number of ether oxygens (including phenoxy) is 2. The number of hydrogen-bond acceptors (Lipinski definition) is 6. The van der Waals surface area contributed by atoms with Crippen molar-refractivity contribution in [3.63, 3.8) is 0 Å². The van der Waals surface area contributed by atoms with Gasteiger partial charge in [-0.2, -0.15) is 4.31 Å². The molecule has 1 aliphatic carbocycles. The van der Waals surface area contributed by atoms with Crippen molar-refractivity contribution < 1.29 is 31.9 Å². The molecule has 2 saturated heterocycles. The maximum Gasteiger partial charge on any atom is 0.410 e. The maximum absolute atomic E-state index is 15.4. The summed E-state index contributed by atoms with van der Waals surface area (Å²) in [6.07, 6.45) is 4.49. The van der Waals surface area contributed by atoms with Gasteiger partial charge in [0, 0.05) is 60.4 Å². The number of anilines is 1. The molecule has 2 aromatic carbocycles. The van der Waals surface area contributed by atoms with Crippen LogP contribution in [0.2, 0.25) is 5.02 Å². The van der Waals surface area contributed by atoms with Crippen molar-refractivity contribution in [1.29, 1.82) is 0 Å². The number of rotatable bonds is 8. The molecule has 12 heteroatoms. The van der Waals surface area contributed by atoms with Crippen molar-refractivity contribution in [2.45, 2.75) is 108 Å². The lowest BCUT2D eigenvalue weighted by Crippen LogP contribution is -2.60. The molecule has 5 rings (SSSR count). The summed E-state index contributed by atoms with van der Waals surface area (Å²) in [6, 6.07) is 11.4. The predicted octanol–water partition coefficient (Wildman–Crippen LogP) is 6.68. The summed E-state index contributed by atoms with van der Waals surface area (Å²) in [5, 5.41) is 3.61. The van der Waals surface area contributed by atoms with E-state index in [4.69, 9.17) is 21.1 Å². The third-order valence-corrected chi connectivity index (χ3v) is 12.1. The van der Waals surface area contributed by atoms with Crippen LogP contribution in [0.5, 0.6) is 0 Å². The van der Waals surface area contributed by atoms with Gasteiger partial charge in [0.05, 0.1) is 11.9 Å². The van der Waals surface area contributed by atoms with Gasteiger partial charge < -0.3 is 19.7 Å². The third-order valence-electron chi connectivity index (χ3n) is 9.87. The van der Waals surface area contributed by atoms with Gasteiger partial charge >= 0.3 is 6.09 Å². The van der Waals surface area contributed by atoms with Crippen molar-refractivity contribution in [2.24, 2.45) is 0 Å². The minimum Gasteiger partial charge on any atom is -0.444 e. The second-order valence-corrected chi connectivity index (χ2v) is 16.7. The average Bonchev–Trinajstić information content (AvgIpc) is 3.13. The fourth-order valence-corrected chi connectivity index (χ4v) is 9.32. The SMILES string of the molecule is CO[C@H]1CC[C@@](CC(=O)Nc2cccc(F)c2CC[C@H]2CN(C(=O)OC(C)(C)C)[C@@H]3CCCS(=O)(=O)N2C3)(c2ccc(Cl)cc2)CC1. The summed E-state index contributed by atoms with van der Waals surface area (Å²) in [5.74, 6) is -0.703. The quantitative estimate of drug-likeness (QED) is 0.331. The lowest BCUT2D eigenvalue weighted by Gasteiger charge is -2.44. The van der Waals surface area contributed by atoms with Crippen LogP contribution in [0.3, 0.4) is 0 Å². The summed E-state index contributed by atoms with van der Waals surface area (Å²) >= 11 is 6.18.